The first-order chi connectivity index (χ1) is 11.6. The van der Waals surface area contributed by atoms with Crippen molar-refractivity contribution >= 4 is 11.6 Å². The molecule has 1 amide bonds. The van der Waals surface area contributed by atoms with Gasteiger partial charge in [0, 0.05) is 6.54 Å². The number of amides is 1. The fraction of sp³-hybridized carbons (Fsp3) is 0.316. The van der Waals surface area contributed by atoms with Gasteiger partial charge in [-0.2, -0.15) is 0 Å². The Labute approximate surface area is 143 Å². The maximum absolute atomic E-state index is 12.0. The van der Waals surface area contributed by atoms with Gasteiger partial charge in [0.1, 0.15) is 11.5 Å². The molecule has 0 unspecified atom stereocenters. The molecule has 0 aliphatic heterocycles. The first-order valence-electron chi connectivity index (χ1n) is 7.97. The average Bonchev–Trinajstić information content (AvgIpc) is 2.56. The molecule has 128 valence electrons. The smallest absolute Gasteiger partial charge is 0.238 e. The molecule has 0 aliphatic carbocycles. The van der Waals surface area contributed by atoms with E-state index in [9.17, 15) is 4.79 Å². The van der Waals surface area contributed by atoms with Crippen LogP contribution in [-0.4, -0.2) is 25.7 Å². The Kier molecular flexibility index (Phi) is 6.63. The van der Waals surface area contributed by atoms with E-state index >= 15 is 0 Å². The van der Waals surface area contributed by atoms with Crippen LogP contribution in [0.1, 0.15) is 19.4 Å². The standard InChI is InChI=1S/C19H24N2O3/c1-14(2)24-16-10-8-15(9-11-16)12-20-13-19(22)21-17-6-4-5-7-18(17)23-3/h4-11,14,20H,12-13H2,1-3H3,(H,21,22). The summed E-state index contributed by atoms with van der Waals surface area (Å²) in [5.74, 6) is 1.38. The summed E-state index contributed by atoms with van der Waals surface area (Å²) in [5, 5.41) is 5.96. The van der Waals surface area contributed by atoms with E-state index in [2.05, 4.69) is 10.6 Å². The van der Waals surface area contributed by atoms with Crippen molar-refractivity contribution < 1.29 is 14.3 Å². The van der Waals surface area contributed by atoms with Crippen LogP contribution < -0.4 is 20.1 Å². The number of benzene rings is 2. The van der Waals surface area contributed by atoms with Crippen LogP contribution >= 0.6 is 0 Å². The molecule has 0 bridgehead atoms. The van der Waals surface area contributed by atoms with Gasteiger partial charge in [0.25, 0.3) is 0 Å². The lowest BCUT2D eigenvalue weighted by Crippen LogP contribution is -2.27. The Bertz CT molecular complexity index is 654. The summed E-state index contributed by atoms with van der Waals surface area (Å²) in [6.45, 7) is 4.83. The van der Waals surface area contributed by atoms with E-state index in [1.54, 1.807) is 7.11 Å². The molecule has 0 saturated heterocycles. The molecule has 0 aromatic heterocycles. The van der Waals surface area contributed by atoms with E-state index in [1.807, 2.05) is 62.4 Å². The van der Waals surface area contributed by atoms with Crippen molar-refractivity contribution in [2.75, 3.05) is 19.0 Å². The van der Waals surface area contributed by atoms with Crippen LogP contribution in [0.3, 0.4) is 0 Å². The fourth-order valence-electron chi connectivity index (χ4n) is 2.22. The number of para-hydroxylation sites is 2. The van der Waals surface area contributed by atoms with E-state index in [0.29, 0.717) is 18.0 Å². The molecule has 2 aromatic rings. The van der Waals surface area contributed by atoms with Gasteiger partial charge in [-0.1, -0.05) is 24.3 Å². The normalized spacial score (nSPS) is 10.5. The number of nitrogens with one attached hydrogen (secondary N) is 2. The minimum absolute atomic E-state index is 0.112. The Morgan fingerprint density at radius 1 is 1.08 bits per heavy atom. The highest BCUT2D eigenvalue weighted by Gasteiger charge is 2.06. The number of methoxy groups -OCH3 is 1. The molecular formula is C19H24N2O3. The van der Waals surface area contributed by atoms with Crippen LogP contribution in [0.2, 0.25) is 0 Å². The highest BCUT2D eigenvalue weighted by molar-refractivity contribution is 5.93. The van der Waals surface area contributed by atoms with Gasteiger partial charge >= 0.3 is 0 Å². The van der Waals surface area contributed by atoms with Crippen LogP contribution in [-0.2, 0) is 11.3 Å². The molecule has 0 saturated carbocycles. The maximum Gasteiger partial charge on any atom is 0.238 e. The van der Waals surface area contributed by atoms with Gasteiger partial charge in [0.15, 0.2) is 0 Å². The first-order valence-corrected chi connectivity index (χ1v) is 7.97. The minimum Gasteiger partial charge on any atom is -0.495 e. The predicted molar refractivity (Wildman–Crippen MR) is 95.5 cm³/mol. The van der Waals surface area contributed by atoms with Crippen LogP contribution in [0.5, 0.6) is 11.5 Å². The molecule has 0 atom stereocenters. The highest BCUT2D eigenvalue weighted by Crippen LogP contribution is 2.22. The molecule has 5 heteroatoms. The van der Waals surface area contributed by atoms with Crippen molar-refractivity contribution in [3.63, 3.8) is 0 Å². The average molecular weight is 328 g/mol. The van der Waals surface area contributed by atoms with E-state index in [4.69, 9.17) is 9.47 Å². The SMILES string of the molecule is COc1ccccc1NC(=O)CNCc1ccc(OC(C)C)cc1. The Balaban J connectivity index is 1.78. The molecule has 24 heavy (non-hydrogen) atoms. The largest absolute Gasteiger partial charge is 0.495 e. The third-order valence-electron chi connectivity index (χ3n) is 3.29. The lowest BCUT2D eigenvalue weighted by atomic mass is 10.2. The van der Waals surface area contributed by atoms with Gasteiger partial charge in [0.05, 0.1) is 25.4 Å². The summed E-state index contributed by atoms with van der Waals surface area (Å²) >= 11 is 0. The summed E-state index contributed by atoms with van der Waals surface area (Å²) in [6, 6.07) is 15.2. The molecule has 0 spiro atoms. The lowest BCUT2D eigenvalue weighted by molar-refractivity contribution is -0.115. The predicted octanol–water partition coefficient (Wildman–Crippen LogP) is 3.21. The van der Waals surface area contributed by atoms with Crippen LogP contribution in [0.15, 0.2) is 48.5 Å². The Morgan fingerprint density at radius 3 is 2.46 bits per heavy atom. The lowest BCUT2D eigenvalue weighted by Gasteiger charge is -2.11. The van der Waals surface area contributed by atoms with Crippen molar-refractivity contribution in [3.05, 3.63) is 54.1 Å². The van der Waals surface area contributed by atoms with Crippen LogP contribution in [0, 0.1) is 0 Å². The van der Waals surface area contributed by atoms with E-state index in [0.717, 1.165) is 11.3 Å². The van der Waals surface area contributed by atoms with Gasteiger partial charge in [-0.15, -0.1) is 0 Å². The number of rotatable bonds is 8. The van der Waals surface area contributed by atoms with E-state index in [1.165, 1.54) is 0 Å². The third kappa shape index (κ3) is 5.59. The van der Waals surface area contributed by atoms with Gasteiger partial charge in [-0.05, 0) is 43.7 Å². The number of carbonyl (C=O) groups is 1. The Hall–Kier alpha value is -2.53. The zero-order valence-corrected chi connectivity index (χ0v) is 14.3. The number of ether oxygens (including phenoxy) is 2. The second-order valence-electron chi connectivity index (χ2n) is 5.66. The molecule has 2 rings (SSSR count). The quantitative estimate of drug-likeness (QED) is 0.781. The summed E-state index contributed by atoms with van der Waals surface area (Å²) in [7, 11) is 1.58. The number of carbonyl (C=O) groups excluding carboxylic acids is 1. The van der Waals surface area contributed by atoms with E-state index in [-0.39, 0.29) is 18.6 Å². The summed E-state index contributed by atoms with van der Waals surface area (Å²) in [4.78, 5) is 12.0. The van der Waals surface area contributed by atoms with Crippen molar-refractivity contribution in [2.24, 2.45) is 0 Å². The molecule has 0 fully saturated rings. The molecular weight excluding hydrogens is 304 g/mol. The highest BCUT2D eigenvalue weighted by atomic mass is 16.5. The van der Waals surface area contributed by atoms with Crippen LogP contribution in [0.25, 0.3) is 0 Å². The topological polar surface area (TPSA) is 59.6 Å². The third-order valence-corrected chi connectivity index (χ3v) is 3.29. The Morgan fingerprint density at radius 2 is 1.79 bits per heavy atom. The van der Waals surface area contributed by atoms with E-state index < -0.39 is 0 Å². The van der Waals surface area contributed by atoms with Gasteiger partial charge in [-0.25, -0.2) is 0 Å². The van der Waals surface area contributed by atoms with Crippen molar-refractivity contribution in [1.82, 2.24) is 5.32 Å². The monoisotopic (exact) mass is 328 g/mol. The van der Waals surface area contributed by atoms with Crippen molar-refractivity contribution in [2.45, 2.75) is 26.5 Å². The first kappa shape index (κ1) is 17.8. The summed E-state index contributed by atoms with van der Waals surface area (Å²) in [5.41, 5.74) is 1.76. The van der Waals surface area contributed by atoms with Gasteiger partial charge < -0.3 is 20.1 Å². The van der Waals surface area contributed by atoms with Gasteiger partial charge in [0.2, 0.25) is 5.91 Å². The number of hydrogen-bond acceptors (Lipinski definition) is 4. The molecule has 5 nitrogen and oxygen atoms in total. The molecule has 0 radical (unpaired) electrons. The second kappa shape index (κ2) is 8.93. The summed E-state index contributed by atoms with van der Waals surface area (Å²) < 4.78 is 10.8. The van der Waals surface area contributed by atoms with Gasteiger partial charge in [-0.3, -0.25) is 4.79 Å². The van der Waals surface area contributed by atoms with Crippen molar-refractivity contribution in [3.8, 4) is 11.5 Å². The van der Waals surface area contributed by atoms with Crippen LogP contribution in [0.4, 0.5) is 5.69 Å². The molecule has 0 aliphatic rings. The fourth-order valence-corrected chi connectivity index (χ4v) is 2.22. The number of anilines is 1. The molecule has 0 heterocycles. The molecule has 2 aromatic carbocycles. The summed E-state index contributed by atoms with van der Waals surface area (Å²) in [6.07, 6.45) is 0.160. The zero-order valence-electron chi connectivity index (χ0n) is 14.3. The number of hydrogen-bond donors (Lipinski definition) is 2. The maximum atomic E-state index is 12.0. The zero-order chi connectivity index (χ0) is 17.4. The second-order valence-corrected chi connectivity index (χ2v) is 5.66. The molecule has 2 N–H and O–H groups in total. The van der Waals surface area contributed by atoms with Crippen molar-refractivity contribution in [1.29, 1.82) is 0 Å². The minimum atomic E-state index is -0.112.